The Morgan fingerprint density at radius 2 is 2.05 bits per heavy atom. The van der Waals surface area contributed by atoms with Gasteiger partial charge in [0.2, 0.25) is 0 Å². The van der Waals surface area contributed by atoms with Gasteiger partial charge in [-0.25, -0.2) is 4.98 Å². The van der Waals surface area contributed by atoms with E-state index in [0.717, 1.165) is 30.5 Å². The van der Waals surface area contributed by atoms with Gasteiger partial charge in [0.15, 0.2) is 5.13 Å². The molecule has 0 radical (unpaired) electrons. The Labute approximate surface area is 132 Å². The van der Waals surface area contributed by atoms with E-state index in [2.05, 4.69) is 67.6 Å². The van der Waals surface area contributed by atoms with E-state index in [1.807, 2.05) is 0 Å². The van der Waals surface area contributed by atoms with Gasteiger partial charge in [-0.05, 0) is 37.9 Å². The molecule has 0 unspecified atom stereocenters. The summed E-state index contributed by atoms with van der Waals surface area (Å²) in [5.41, 5.74) is 3.66. The van der Waals surface area contributed by atoms with Gasteiger partial charge in [-0.2, -0.15) is 0 Å². The Hall–Kier alpha value is -1.39. The first-order valence-corrected chi connectivity index (χ1v) is 8.48. The highest BCUT2D eigenvalue weighted by atomic mass is 32.1. The van der Waals surface area contributed by atoms with Crippen LogP contribution in [0.3, 0.4) is 0 Å². The zero-order valence-corrected chi connectivity index (χ0v) is 14.2. The number of nitrogens with one attached hydrogen (secondary N) is 1. The number of aryl methyl sites for hydroxylation is 1. The van der Waals surface area contributed by atoms with Crippen molar-refractivity contribution >= 4 is 22.2 Å². The number of hydrogen-bond donors (Lipinski definition) is 1. The fourth-order valence-electron chi connectivity index (χ4n) is 2.27. The average molecular weight is 303 g/mol. The second-order valence-electron chi connectivity index (χ2n) is 5.68. The van der Waals surface area contributed by atoms with Crippen molar-refractivity contribution in [2.24, 2.45) is 5.92 Å². The maximum atomic E-state index is 4.78. The smallest absolute Gasteiger partial charge is 0.190 e. The molecule has 0 aliphatic heterocycles. The van der Waals surface area contributed by atoms with Crippen molar-refractivity contribution < 1.29 is 0 Å². The zero-order chi connectivity index (χ0) is 15.2. The summed E-state index contributed by atoms with van der Waals surface area (Å²) in [6.07, 6.45) is 0. The Balaban J connectivity index is 2.09. The monoisotopic (exact) mass is 303 g/mol. The maximum Gasteiger partial charge on any atom is 0.190 e. The summed E-state index contributed by atoms with van der Waals surface area (Å²) < 4.78 is 0. The standard InChI is InChI=1S/C17H25N3S/c1-5-20(16-9-7-6-8-14(16)4)17-19-15(12-21-17)11-18-10-13(2)3/h6-9,12-13,18H,5,10-11H2,1-4H3. The van der Waals surface area contributed by atoms with E-state index in [1.54, 1.807) is 11.3 Å². The average Bonchev–Trinajstić information content (AvgIpc) is 2.90. The topological polar surface area (TPSA) is 28.2 Å². The largest absolute Gasteiger partial charge is 0.318 e. The van der Waals surface area contributed by atoms with Crippen LogP contribution in [0.5, 0.6) is 0 Å². The van der Waals surface area contributed by atoms with Crippen molar-refractivity contribution in [1.82, 2.24) is 10.3 Å². The Kier molecular flexibility index (Phi) is 5.76. The molecule has 0 bridgehead atoms. The van der Waals surface area contributed by atoms with Gasteiger partial charge in [0.25, 0.3) is 0 Å². The van der Waals surface area contributed by atoms with Crippen LogP contribution >= 0.6 is 11.3 Å². The van der Waals surface area contributed by atoms with E-state index in [9.17, 15) is 0 Å². The van der Waals surface area contributed by atoms with Gasteiger partial charge >= 0.3 is 0 Å². The normalized spacial score (nSPS) is 11.1. The molecule has 2 aromatic rings. The van der Waals surface area contributed by atoms with Crippen LogP contribution in [-0.4, -0.2) is 18.1 Å². The number of hydrogen-bond acceptors (Lipinski definition) is 4. The van der Waals surface area contributed by atoms with Crippen LogP contribution in [0.2, 0.25) is 0 Å². The molecular formula is C17H25N3S. The van der Waals surface area contributed by atoms with Crippen LogP contribution in [-0.2, 0) is 6.54 Å². The molecule has 4 heteroatoms. The van der Waals surface area contributed by atoms with E-state index >= 15 is 0 Å². The lowest BCUT2D eigenvalue weighted by Crippen LogP contribution is -2.20. The minimum absolute atomic E-state index is 0.669. The Morgan fingerprint density at radius 1 is 1.29 bits per heavy atom. The lowest BCUT2D eigenvalue weighted by Gasteiger charge is -2.21. The fraction of sp³-hybridized carbons (Fsp3) is 0.471. The molecule has 114 valence electrons. The molecule has 0 aliphatic carbocycles. The van der Waals surface area contributed by atoms with E-state index in [0.29, 0.717) is 5.92 Å². The summed E-state index contributed by atoms with van der Waals surface area (Å²) in [5, 5.41) is 6.68. The second kappa shape index (κ2) is 7.57. The first-order valence-electron chi connectivity index (χ1n) is 7.60. The Bertz CT molecular complexity index is 563. The molecule has 0 saturated heterocycles. The lowest BCUT2D eigenvalue weighted by molar-refractivity contribution is 0.549. The molecule has 3 nitrogen and oxygen atoms in total. The number of aromatic nitrogens is 1. The number of nitrogens with zero attached hydrogens (tertiary/aromatic N) is 2. The molecule has 0 amide bonds. The molecule has 0 aliphatic rings. The summed E-state index contributed by atoms with van der Waals surface area (Å²) in [4.78, 5) is 7.06. The molecule has 1 aromatic carbocycles. The van der Waals surface area contributed by atoms with Gasteiger partial charge in [-0.3, -0.25) is 0 Å². The molecule has 0 atom stereocenters. The SMILES string of the molecule is CCN(c1nc(CNCC(C)C)cs1)c1ccccc1C. The highest BCUT2D eigenvalue weighted by Crippen LogP contribution is 2.30. The number of anilines is 2. The van der Waals surface area contributed by atoms with Gasteiger partial charge in [0, 0.05) is 24.2 Å². The van der Waals surface area contributed by atoms with Crippen molar-refractivity contribution in [3.63, 3.8) is 0 Å². The van der Waals surface area contributed by atoms with E-state index < -0.39 is 0 Å². The van der Waals surface area contributed by atoms with Crippen LogP contribution in [0.1, 0.15) is 32.0 Å². The van der Waals surface area contributed by atoms with Gasteiger partial charge < -0.3 is 10.2 Å². The van der Waals surface area contributed by atoms with Gasteiger partial charge in [0.1, 0.15) is 0 Å². The lowest BCUT2D eigenvalue weighted by atomic mass is 10.2. The number of para-hydroxylation sites is 1. The summed E-state index contributed by atoms with van der Waals surface area (Å²) in [5.74, 6) is 0.669. The van der Waals surface area contributed by atoms with Crippen molar-refractivity contribution in [2.75, 3.05) is 18.0 Å². The van der Waals surface area contributed by atoms with Crippen molar-refractivity contribution in [2.45, 2.75) is 34.2 Å². The summed E-state index contributed by atoms with van der Waals surface area (Å²) in [6.45, 7) is 11.6. The molecule has 2 rings (SSSR count). The quantitative estimate of drug-likeness (QED) is 0.824. The van der Waals surface area contributed by atoms with Gasteiger partial charge in [-0.1, -0.05) is 32.0 Å². The number of thiazole rings is 1. The number of benzene rings is 1. The summed E-state index contributed by atoms with van der Waals surface area (Å²) >= 11 is 1.72. The summed E-state index contributed by atoms with van der Waals surface area (Å²) in [6, 6.07) is 8.48. The highest BCUT2D eigenvalue weighted by molar-refractivity contribution is 7.13. The molecule has 1 heterocycles. The van der Waals surface area contributed by atoms with Crippen LogP contribution in [0, 0.1) is 12.8 Å². The van der Waals surface area contributed by atoms with Crippen LogP contribution in [0.15, 0.2) is 29.6 Å². The molecule has 0 fully saturated rings. The minimum atomic E-state index is 0.669. The highest BCUT2D eigenvalue weighted by Gasteiger charge is 2.13. The van der Waals surface area contributed by atoms with Crippen molar-refractivity contribution in [3.8, 4) is 0 Å². The Morgan fingerprint density at radius 3 is 2.71 bits per heavy atom. The van der Waals surface area contributed by atoms with Crippen molar-refractivity contribution in [3.05, 3.63) is 40.9 Å². The predicted octanol–water partition coefficient (Wildman–Crippen LogP) is 4.36. The molecule has 1 N–H and O–H groups in total. The van der Waals surface area contributed by atoms with Crippen LogP contribution in [0.4, 0.5) is 10.8 Å². The molecular weight excluding hydrogens is 278 g/mol. The van der Waals surface area contributed by atoms with E-state index in [1.165, 1.54) is 11.3 Å². The summed E-state index contributed by atoms with van der Waals surface area (Å²) in [7, 11) is 0. The zero-order valence-electron chi connectivity index (χ0n) is 13.4. The molecule has 1 aromatic heterocycles. The first-order chi connectivity index (χ1) is 10.1. The van der Waals surface area contributed by atoms with Crippen LogP contribution < -0.4 is 10.2 Å². The van der Waals surface area contributed by atoms with Gasteiger partial charge in [0.05, 0.1) is 5.69 Å². The number of rotatable bonds is 7. The molecule has 0 spiro atoms. The third kappa shape index (κ3) is 4.29. The van der Waals surface area contributed by atoms with Gasteiger partial charge in [-0.15, -0.1) is 11.3 Å². The van der Waals surface area contributed by atoms with Crippen molar-refractivity contribution in [1.29, 1.82) is 0 Å². The minimum Gasteiger partial charge on any atom is -0.318 e. The molecule has 21 heavy (non-hydrogen) atoms. The third-order valence-corrected chi connectivity index (χ3v) is 4.26. The maximum absolute atomic E-state index is 4.78. The fourth-order valence-corrected chi connectivity index (χ4v) is 3.17. The van der Waals surface area contributed by atoms with Crippen LogP contribution in [0.25, 0.3) is 0 Å². The first kappa shape index (κ1) is 16.0. The third-order valence-electron chi connectivity index (χ3n) is 3.35. The van der Waals surface area contributed by atoms with E-state index in [4.69, 9.17) is 4.98 Å². The second-order valence-corrected chi connectivity index (χ2v) is 6.51. The molecule has 0 saturated carbocycles. The van der Waals surface area contributed by atoms with E-state index in [-0.39, 0.29) is 0 Å². The predicted molar refractivity (Wildman–Crippen MR) is 92.5 cm³/mol.